The lowest BCUT2D eigenvalue weighted by molar-refractivity contribution is -0.131. The molecule has 0 bridgehead atoms. The van der Waals surface area contributed by atoms with Crippen LogP contribution >= 0.6 is 11.6 Å². The molecule has 1 saturated carbocycles. The fourth-order valence-corrected chi connectivity index (χ4v) is 7.08. The van der Waals surface area contributed by atoms with E-state index in [9.17, 15) is 9.18 Å². The van der Waals surface area contributed by atoms with E-state index in [2.05, 4.69) is 58.4 Å². The van der Waals surface area contributed by atoms with Crippen LogP contribution in [0, 0.1) is 12.5 Å². The Balaban J connectivity index is 1.33. The summed E-state index contributed by atoms with van der Waals surface area (Å²) in [6.45, 7) is 13.6. The first-order chi connectivity index (χ1) is 21.2. The smallest absolute Gasteiger partial charge is 0.318 e. The number of fused-ring (bicyclic) bond motifs is 2. The molecule has 0 spiro atoms. The van der Waals surface area contributed by atoms with Crippen molar-refractivity contribution < 1.29 is 13.9 Å². The van der Waals surface area contributed by atoms with Crippen molar-refractivity contribution in [1.82, 2.24) is 19.8 Å². The number of hydrogen-bond donors (Lipinski definition) is 0. The number of nitrogens with zero attached hydrogens (tertiary/aromatic N) is 7. The second-order valence-corrected chi connectivity index (χ2v) is 12.5. The fraction of sp³-hybridized carbons (Fsp3) is 0.455. The van der Waals surface area contributed by atoms with Crippen molar-refractivity contribution in [3.63, 3.8) is 0 Å². The number of carbonyl (C=O) groups excluding carboxylic acids is 1. The molecule has 3 aliphatic rings. The third-order valence-corrected chi connectivity index (χ3v) is 9.55. The summed E-state index contributed by atoms with van der Waals surface area (Å²) >= 11 is 6.69. The van der Waals surface area contributed by atoms with Crippen LogP contribution in [0.1, 0.15) is 24.1 Å². The second kappa shape index (κ2) is 12.6. The Morgan fingerprint density at radius 2 is 1.95 bits per heavy atom. The molecule has 0 unspecified atom stereocenters. The first-order valence-corrected chi connectivity index (χ1v) is 15.5. The Bertz CT molecular complexity index is 1620. The summed E-state index contributed by atoms with van der Waals surface area (Å²) in [7, 11) is 4.20. The van der Waals surface area contributed by atoms with Crippen LogP contribution in [0.4, 0.5) is 15.9 Å². The minimum absolute atomic E-state index is 0.0649. The number of rotatable bonds is 8. The normalized spacial score (nSPS) is 21.5. The highest BCUT2D eigenvalue weighted by Gasteiger charge is 2.37. The molecule has 1 aromatic heterocycles. The number of amides is 1. The maximum atomic E-state index is 13.8. The van der Waals surface area contributed by atoms with Crippen molar-refractivity contribution >= 4 is 39.8 Å². The largest absolute Gasteiger partial charge is 0.463 e. The van der Waals surface area contributed by atoms with Crippen LogP contribution in [-0.4, -0.2) is 91.2 Å². The van der Waals surface area contributed by atoms with Crippen LogP contribution in [0.2, 0.25) is 5.02 Å². The second-order valence-electron chi connectivity index (χ2n) is 12.1. The fourth-order valence-electron chi connectivity index (χ4n) is 6.80. The quantitative estimate of drug-likeness (QED) is 0.261. The molecule has 1 aliphatic carbocycles. The van der Waals surface area contributed by atoms with Crippen molar-refractivity contribution in [1.29, 1.82) is 0 Å². The third kappa shape index (κ3) is 5.78. The average Bonchev–Trinajstić information content (AvgIpc) is 2.99. The highest BCUT2D eigenvalue weighted by molar-refractivity contribution is 6.36. The van der Waals surface area contributed by atoms with Gasteiger partial charge in [0.05, 0.1) is 23.9 Å². The highest BCUT2D eigenvalue weighted by atomic mass is 35.5. The molecule has 44 heavy (non-hydrogen) atoms. The van der Waals surface area contributed by atoms with Crippen molar-refractivity contribution in [2.45, 2.75) is 37.9 Å². The van der Waals surface area contributed by atoms with E-state index in [0.29, 0.717) is 55.7 Å². The molecule has 11 heteroatoms. The van der Waals surface area contributed by atoms with Crippen LogP contribution in [0.25, 0.3) is 15.6 Å². The molecule has 1 saturated heterocycles. The third-order valence-electron chi connectivity index (χ3n) is 9.24. The highest BCUT2D eigenvalue weighted by Crippen LogP contribution is 2.38. The zero-order valence-electron chi connectivity index (χ0n) is 25.2. The van der Waals surface area contributed by atoms with Gasteiger partial charge in [0.1, 0.15) is 11.9 Å². The predicted octanol–water partition coefficient (Wildman–Crippen LogP) is 4.98. The van der Waals surface area contributed by atoms with E-state index in [-0.39, 0.29) is 13.1 Å². The first kappa shape index (κ1) is 30.1. The van der Waals surface area contributed by atoms with E-state index in [0.717, 1.165) is 52.9 Å². The molecule has 0 N–H and O–H groups in total. The number of hydrogen-bond acceptors (Lipinski definition) is 7. The van der Waals surface area contributed by atoms with Gasteiger partial charge in [0.15, 0.2) is 5.83 Å². The van der Waals surface area contributed by atoms with Gasteiger partial charge < -0.3 is 29.2 Å². The van der Waals surface area contributed by atoms with Gasteiger partial charge in [-0.25, -0.2) is 11.0 Å². The SMILES string of the molecule is [C-]#[N+]C[C@H]1CN(c2nc(OC[C@H]3CC[C@H]3N(C)C)nc3c2CCN(c2cccc4cccc(Cl)c24)C3)CCN1C(=O)C(=C)F. The number of aromatic nitrogens is 2. The summed E-state index contributed by atoms with van der Waals surface area (Å²) in [5.74, 6) is -0.593. The summed E-state index contributed by atoms with van der Waals surface area (Å²) < 4.78 is 20.1. The van der Waals surface area contributed by atoms with E-state index in [4.69, 9.17) is 32.9 Å². The number of piperazine rings is 1. The molecule has 1 amide bonds. The van der Waals surface area contributed by atoms with E-state index < -0.39 is 17.8 Å². The van der Waals surface area contributed by atoms with Crippen LogP contribution in [-0.2, 0) is 17.8 Å². The van der Waals surface area contributed by atoms with Gasteiger partial charge in [-0.05, 0) is 50.9 Å². The van der Waals surface area contributed by atoms with Gasteiger partial charge in [-0.15, -0.1) is 0 Å². The Morgan fingerprint density at radius 3 is 2.66 bits per heavy atom. The molecule has 2 fully saturated rings. The topological polar surface area (TPSA) is 69.4 Å². The minimum atomic E-state index is -1.01. The lowest BCUT2D eigenvalue weighted by atomic mass is 9.79. The summed E-state index contributed by atoms with van der Waals surface area (Å²) in [6, 6.07) is 12.5. The average molecular weight is 618 g/mol. The molecular weight excluding hydrogens is 581 g/mol. The maximum Gasteiger partial charge on any atom is 0.318 e. The molecule has 3 atom stereocenters. The van der Waals surface area contributed by atoms with Crippen molar-refractivity contribution in [2.24, 2.45) is 5.92 Å². The molecule has 0 radical (unpaired) electrons. The number of halogens is 2. The van der Waals surface area contributed by atoms with Gasteiger partial charge in [-0.1, -0.05) is 42.4 Å². The number of anilines is 2. The van der Waals surface area contributed by atoms with Crippen LogP contribution in [0.5, 0.6) is 6.01 Å². The van der Waals surface area contributed by atoms with Crippen LogP contribution in [0.15, 0.2) is 48.8 Å². The summed E-state index contributed by atoms with van der Waals surface area (Å²) in [4.78, 5) is 34.0. The number of ether oxygens (including phenoxy) is 1. The first-order valence-electron chi connectivity index (χ1n) is 15.1. The summed E-state index contributed by atoms with van der Waals surface area (Å²) in [5, 5.41) is 2.81. The zero-order chi connectivity index (χ0) is 31.0. The van der Waals surface area contributed by atoms with E-state index in [1.54, 1.807) is 0 Å². The standard InChI is InChI=1S/C33H37ClFN7O2/c1-21(35)32(43)42-16-15-41(18-24(42)17-36-2)31-25-13-14-40(29-10-6-8-22-7-5-9-26(34)30(22)29)19-27(25)37-33(38-31)44-20-23-11-12-28(23)39(3)4/h5-10,23-24,28H,1,11-20H2,3-4H3/t23-,24+,28-/m1/s1. The Kier molecular flexibility index (Phi) is 8.61. The monoisotopic (exact) mass is 617 g/mol. The summed E-state index contributed by atoms with van der Waals surface area (Å²) in [6.07, 6.45) is 2.95. The molecule has 3 aromatic rings. The summed E-state index contributed by atoms with van der Waals surface area (Å²) in [5.41, 5.74) is 2.97. The van der Waals surface area contributed by atoms with Crippen molar-refractivity contribution in [2.75, 3.05) is 63.2 Å². The van der Waals surface area contributed by atoms with Gasteiger partial charge in [0, 0.05) is 54.8 Å². The Hall–Kier alpha value is -3.94. The molecular formula is C33H37ClFN7O2. The van der Waals surface area contributed by atoms with E-state index >= 15 is 0 Å². The molecule has 230 valence electrons. The number of benzene rings is 2. The molecule has 6 rings (SSSR count). The molecule has 2 aliphatic heterocycles. The predicted molar refractivity (Wildman–Crippen MR) is 171 cm³/mol. The van der Waals surface area contributed by atoms with Gasteiger partial charge >= 0.3 is 6.01 Å². The number of carbonyl (C=O) groups is 1. The van der Waals surface area contributed by atoms with Gasteiger partial charge in [-0.2, -0.15) is 9.97 Å². The minimum Gasteiger partial charge on any atom is -0.463 e. The van der Waals surface area contributed by atoms with Crippen LogP contribution in [0.3, 0.4) is 0 Å². The molecule has 2 aromatic carbocycles. The van der Waals surface area contributed by atoms with E-state index in [1.807, 2.05) is 18.2 Å². The van der Waals surface area contributed by atoms with Crippen molar-refractivity contribution in [3.05, 3.63) is 76.5 Å². The lowest BCUT2D eigenvalue weighted by Crippen LogP contribution is -2.57. The van der Waals surface area contributed by atoms with Gasteiger partial charge in [-0.3, -0.25) is 4.79 Å². The van der Waals surface area contributed by atoms with Crippen LogP contribution < -0.4 is 14.5 Å². The lowest BCUT2D eigenvalue weighted by Gasteiger charge is -2.41. The molecule has 9 nitrogen and oxygen atoms in total. The van der Waals surface area contributed by atoms with E-state index in [1.165, 1.54) is 4.90 Å². The van der Waals surface area contributed by atoms with Gasteiger partial charge in [0.2, 0.25) is 6.54 Å². The van der Waals surface area contributed by atoms with Crippen molar-refractivity contribution in [3.8, 4) is 6.01 Å². The Labute approximate surface area is 262 Å². The maximum absolute atomic E-state index is 13.8. The van der Waals surface area contributed by atoms with Gasteiger partial charge in [0.25, 0.3) is 5.91 Å². The molecule has 3 heterocycles. The Morgan fingerprint density at radius 1 is 1.16 bits per heavy atom. The zero-order valence-corrected chi connectivity index (χ0v) is 25.9.